The van der Waals surface area contributed by atoms with Crippen LogP contribution in [0.3, 0.4) is 0 Å². The van der Waals surface area contributed by atoms with Crippen molar-refractivity contribution in [2.75, 3.05) is 5.32 Å². The lowest BCUT2D eigenvalue weighted by Gasteiger charge is -2.38. The molecule has 0 radical (unpaired) electrons. The summed E-state index contributed by atoms with van der Waals surface area (Å²) in [6.07, 6.45) is 0.837. The van der Waals surface area contributed by atoms with Crippen molar-refractivity contribution in [2.45, 2.75) is 18.4 Å². The Labute approximate surface area is 156 Å². The summed E-state index contributed by atoms with van der Waals surface area (Å²) in [5.74, 6) is -1.05. The maximum absolute atomic E-state index is 14.6. The minimum absolute atomic E-state index is 0.0568. The van der Waals surface area contributed by atoms with E-state index in [0.29, 0.717) is 11.3 Å². The maximum atomic E-state index is 14.6. The predicted octanol–water partition coefficient (Wildman–Crippen LogP) is 4.99. The van der Waals surface area contributed by atoms with Crippen LogP contribution in [-0.4, -0.2) is 11.1 Å². The first kappa shape index (κ1) is 16.1. The summed E-state index contributed by atoms with van der Waals surface area (Å²) in [6.45, 7) is 0. The van der Waals surface area contributed by atoms with E-state index in [-0.39, 0.29) is 29.3 Å². The van der Waals surface area contributed by atoms with Crippen LogP contribution in [0, 0.1) is 11.7 Å². The molecule has 3 atom stereocenters. The summed E-state index contributed by atoms with van der Waals surface area (Å²) in [5, 5.41) is 13.1. The van der Waals surface area contributed by atoms with Gasteiger partial charge >= 0.3 is 5.97 Å². The Hall–Kier alpha value is -3.14. The fraction of sp³-hybridized carbons (Fsp3) is 0.174. The van der Waals surface area contributed by atoms with E-state index in [1.54, 1.807) is 24.3 Å². The van der Waals surface area contributed by atoms with E-state index in [0.717, 1.165) is 12.0 Å². The van der Waals surface area contributed by atoms with Crippen molar-refractivity contribution >= 4 is 11.7 Å². The van der Waals surface area contributed by atoms with E-state index in [9.17, 15) is 14.3 Å². The van der Waals surface area contributed by atoms with E-state index < -0.39 is 5.97 Å². The normalized spacial score (nSPS) is 22.3. The SMILES string of the molecule is O=C(O)c1cccc2c1N[C@H](c1ccccc1F)[C@H]1Cc3ccccc3[C@H]21. The van der Waals surface area contributed by atoms with E-state index in [4.69, 9.17) is 0 Å². The second-order valence-electron chi connectivity index (χ2n) is 7.26. The first-order valence-corrected chi connectivity index (χ1v) is 9.10. The number of hydrogen-bond acceptors (Lipinski definition) is 2. The molecule has 27 heavy (non-hydrogen) atoms. The second kappa shape index (κ2) is 5.95. The number of rotatable bonds is 2. The first-order chi connectivity index (χ1) is 13.1. The van der Waals surface area contributed by atoms with Crippen molar-refractivity contribution < 1.29 is 14.3 Å². The van der Waals surface area contributed by atoms with Crippen LogP contribution in [0.4, 0.5) is 10.1 Å². The number of aromatic carboxylic acids is 1. The van der Waals surface area contributed by atoms with Gasteiger partial charge in [-0.3, -0.25) is 0 Å². The Kier molecular flexibility index (Phi) is 3.54. The zero-order chi connectivity index (χ0) is 18.5. The number of anilines is 1. The summed E-state index contributed by atoms with van der Waals surface area (Å²) in [6, 6.07) is 20.2. The molecule has 3 nitrogen and oxygen atoms in total. The van der Waals surface area contributed by atoms with Gasteiger partial charge in [-0.2, -0.15) is 0 Å². The lowest BCUT2D eigenvalue weighted by molar-refractivity contribution is 0.0697. The van der Waals surface area contributed by atoms with Gasteiger partial charge in [0.2, 0.25) is 0 Å². The summed E-state index contributed by atoms with van der Waals surface area (Å²) in [4.78, 5) is 11.8. The van der Waals surface area contributed by atoms with Crippen LogP contribution in [0.1, 0.15) is 44.6 Å². The fourth-order valence-electron chi connectivity index (χ4n) is 4.80. The minimum Gasteiger partial charge on any atom is -0.478 e. The highest BCUT2D eigenvalue weighted by Crippen LogP contribution is 2.54. The zero-order valence-corrected chi connectivity index (χ0v) is 14.5. The van der Waals surface area contributed by atoms with Gasteiger partial charge in [0.1, 0.15) is 5.82 Å². The lowest BCUT2D eigenvalue weighted by atomic mass is 9.75. The summed E-state index contributed by atoms with van der Waals surface area (Å²) >= 11 is 0. The Morgan fingerprint density at radius 3 is 2.41 bits per heavy atom. The number of fused-ring (bicyclic) bond motifs is 5. The third kappa shape index (κ3) is 2.36. The molecule has 0 saturated carbocycles. The van der Waals surface area contributed by atoms with Crippen LogP contribution in [0.25, 0.3) is 0 Å². The van der Waals surface area contributed by atoms with Crippen molar-refractivity contribution in [3.63, 3.8) is 0 Å². The Balaban J connectivity index is 1.75. The topological polar surface area (TPSA) is 49.3 Å². The highest BCUT2D eigenvalue weighted by Gasteiger charge is 2.44. The Morgan fingerprint density at radius 2 is 1.63 bits per heavy atom. The average molecular weight is 359 g/mol. The van der Waals surface area contributed by atoms with Crippen LogP contribution in [0.5, 0.6) is 0 Å². The molecule has 0 spiro atoms. The van der Waals surface area contributed by atoms with Crippen molar-refractivity contribution in [1.29, 1.82) is 0 Å². The number of carboxylic acid groups (broad SMARTS) is 1. The molecule has 0 saturated heterocycles. The number of carboxylic acids is 1. The van der Waals surface area contributed by atoms with Gasteiger partial charge in [-0.1, -0.05) is 54.6 Å². The molecule has 134 valence electrons. The van der Waals surface area contributed by atoms with Crippen molar-refractivity contribution in [2.24, 2.45) is 5.92 Å². The van der Waals surface area contributed by atoms with Gasteiger partial charge in [0.15, 0.2) is 0 Å². The molecule has 0 bridgehead atoms. The molecule has 4 heteroatoms. The summed E-state index contributed by atoms with van der Waals surface area (Å²) < 4.78 is 14.6. The van der Waals surface area contributed by atoms with Crippen LogP contribution < -0.4 is 5.32 Å². The molecular formula is C23H18FNO2. The fourth-order valence-corrected chi connectivity index (χ4v) is 4.80. The van der Waals surface area contributed by atoms with Gasteiger partial charge in [0.25, 0.3) is 0 Å². The van der Waals surface area contributed by atoms with Gasteiger partial charge < -0.3 is 10.4 Å². The third-order valence-electron chi connectivity index (χ3n) is 5.90. The number of para-hydroxylation sites is 1. The van der Waals surface area contributed by atoms with E-state index in [1.165, 1.54) is 17.2 Å². The third-order valence-corrected chi connectivity index (χ3v) is 5.90. The molecular weight excluding hydrogens is 341 g/mol. The number of hydrogen-bond donors (Lipinski definition) is 2. The monoisotopic (exact) mass is 359 g/mol. The smallest absolute Gasteiger partial charge is 0.337 e. The number of carbonyl (C=O) groups is 1. The Morgan fingerprint density at radius 1 is 0.926 bits per heavy atom. The molecule has 3 aromatic rings. The van der Waals surface area contributed by atoms with Crippen molar-refractivity contribution in [3.8, 4) is 0 Å². The van der Waals surface area contributed by atoms with Gasteiger partial charge in [-0.25, -0.2) is 9.18 Å². The molecule has 0 fully saturated rings. The van der Waals surface area contributed by atoms with E-state index in [1.807, 2.05) is 24.3 Å². The van der Waals surface area contributed by atoms with Crippen molar-refractivity contribution in [1.82, 2.24) is 0 Å². The largest absolute Gasteiger partial charge is 0.478 e. The summed E-state index contributed by atoms with van der Waals surface area (Å²) in [5.41, 5.74) is 4.88. The van der Waals surface area contributed by atoms with Gasteiger partial charge in [0.05, 0.1) is 17.3 Å². The number of benzene rings is 3. The number of nitrogens with one attached hydrogen (secondary N) is 1. The average Bonchev–Trinajstić information content (AvgIpc) is 3.07. The molecule has 1 heterocycles. The molecule has 0 aromatic heterocycles. The highest BCUT2D eigenvalue weighted by atomic mass is 19.1. The predicted molar refractivity (Wildman–Crippen MR) is 102 cm³/mol. The maximum Gasteiger partial charge on any atom is 0.337 e. The second-order valence-corrected chi connectivity index (χ2v) is 7.26. The molecule has 0 amide bonds. The highest BCUT2D eigenvalue weighted by molar-refractivity contribution is 5.96. The summed E-state index contributed by atoms with van der Waals surface area (Å²) in [7, 11) is 0. The van der Waals surface area contributed by atoms with E-state index in [2.05, 4.69) is 17.4 Å². The quantitative estimate of drug-likeness (QED) is 0.677. The molecule has 1 aliphatic carbocycles. The minimum atomic E-state index is -0.976. The lowest BCUT2D eigenvalue weighted by Crippen LogP contribution is -2.32. The molecule has 0 unspecified atom stereocenters. The van der Waals surface area contributed by atoms with Gasteiger partial charge in [-0.05, 0) is 41.2 Å². The molecule has 1 aliphatic heterocycles. The standard InChI is InChI=1S/C23H18FNO2/c24-19-11-4-3-8-15(19)21-18-12-13-6-1-2-7-14(13)20(18)16-9-5-10-17(23(26)27)22(16)25-21/h1-11,18,20-21,25H,12H2,(H,26,27)/t18-,20+,21+/m0/s1. The molecule has 2 N–H and O–H groups in total. The molecule has 3 aromatic carbocycles. The van der Waals surface area contributed by atoms with Crippen LogP contribution in [0.15, 0.2) is 66.7 Å². The van der Waals surface area contributed by atoms with Gasteiger partial charge in [-0.15, -0.1) is 0 Å². The first-order valence-electron chi connectivity index (χ1n) is 9.10. The number of halogens is 1. The zero-order valence-electron chi connectivity index (χ0n) is 14.5. The van der Waals surface area contributed by atoms with Crippen LogP contribution in [0.2, 0.25) is 0 Å². The van der Waals surface area contributed by atoms with Crippen molar-refractivity contribution in [3.05, 3.63) is 100 Å². The van der Waals surface area contributed by atoms with Crippen LogP contribution >= 0.6 is 0 Å². The van der Waals surface area contributed by atoms with Gasteiger partial charge in [0, 0.05) is 11.5 Å². The molecule has 2 aliphatic rings. The van der Waals surface area contributed by atoms with E-state index >= 15 is 0 Å². The Bertz CT molecular complexity index is 1060. The molecule has 5 rings (SSSR count). The van der Waals surface area contributed by atoms with Crippen LogP contribution in [-0.2, 0) is 6.42 Å².